The van der Waals surface area contributed by atoms with Crippen molar-refractivity contribution in [3.05, 3.63) is 54.0 Å². The van der Waals surface area contributed by atoms with Crippen LogP contribution in [0.25, 0.3) is 0 Å². The molecule has 0 bridgehead atoms. The maximum Gasteiger partial charge on any atom is 0.264 e. The Bertz CT molecular complexity index is 889. The standard InChI is InChI=1S/C16H16N6O3S/c1-24-12-6-4-11(5-7-12)14(23)10-26-16-21-20-15(22(16)17)19-18-9-13-3-2-8-25-13/h2-9H,10,17H2,1H3,(H,19,20)/b18-9+. The van der Waals surface area contributed by atoms with Gasteiger partial charge in [-0.05, 0) is 36.4 Å². The number of ketones is 1. The van der Waals surface area contributed by atoms with Gasteiger partial charge in [-0.25, -0.2) is 10.1 Å². The number of carbonyl (C=O) groups excluding carboxylic acids is 1. The molecule has 2 aromatic heterocycles. The van der Waals surface area contributed by atoms with Gasteiger partial charge in [0.2, 0.25) is 5.16 Å². The lowest BCUT2D eigenvalue weighted by Gasteiger charge is -2.04. The molecule has 0 aliphatic heterocycles. The summed E-state index contributed by atoms with van der Waals surface area (Å²) in [5.41, 5.74) is 3.25. The van der Waals surface area contributed by atoms with Gasteiger partial charge >= 0.3 is 0 Å². The van der Waals surface area contributed by atoms with Crippen molar-refractivity contribution < 1.29 is 13.9 Å². The molecule has 26 heavy (non-hydrogen) atoms. The van der Waals surface area contributed by atoms with Crippen LogP contribution >= 0.6 is 11.8 Å². The fourth-order valence-corrected chi connectivity index (χ4v) is 2.71. The second-order valence-corrected chi connectivity index (χ2v) is 5.94. The summed E-state index contributed by atoms with van der Waals surface area (Å²) < 4.78 is 11.4. The van der Waals surface area contributed by atoms with E-state index < -0.39 is 0 Å². The Kier molecular flexibility index (Phi) is 5.54. The van der Waals surface area contributed by atoms with Gasteiger partial charge < -0.3 is 15.0 Å². The van der Waals surface area contributed by atoms with Gasteiger partial charge in [-0.3, -0.25) is 4.79 Å². The molecule has 9 nitrogen and oxygen atoms in total. The molecule has 134 valence electrons. The summed E-state index contributed by atoms with van der Waals surface area (Å²) in [6.07, 6.45) is 3.02. The summed E-state index contributed by atoms with van der Waals surface area (Å²) in [5, 5.41) is 12.2. The van der Waals surface area contributed by atoms with Crippen molar-refractivity contribution in [3.8, 4) is 5.75 Å². The topological polar surface area (TPSA) is 121 Å². The van der Waals surface area contributed by atoms with Crippen LogP contribution in [0, 0.1) is 0 Å². The van der Waals surface area contributed by atoms with Crippen LogP contribution in [0.5, 0.6) is 5.75 Å². The zero-order valence-electron chi connectivity index (χ0n) is 13.8. The highest BCUT2D eigenvalue weighted by Crippen LogP contribution is 2.19. The molecule has 0 aliphatic carbocycles. The molecule has 0 radical (unpaired) electrons. The minimum absolute atomic E-state index is 0.0500. The number of nitrogens with two attached hydrogens (primary N) is 1. The lowest BCUT2D eigenvalue weighted by atomic mass is 10.1. The van der Waals surface area contributed by atoms with Crippen LogP contribution in [-0.4, -0.2) is 39.7 Å². The molecule has 3 N–H and O–H groups in total. The van der Waals surface area contributed by atoms with Crippen molar-refractivity contribution in [3.63, 3.8) is 0 Å². The molecule has 0 unspecified atom stereocenters. The third kappa shape index (κ3) is 4.22. The molecule has 0 amide bonds. The van der Waals surface area contributed by atoms with Gasteiger partial charge in [0.25, 0.3) is 5.95 Å². The maximum absolute atomic E-state index is 12.2. The monoisotopic (exact) mass is 372 g/mol. The average molecular weight is 372 g/mol. The van der Waals surface area contributed by atoms with Crippen LogP contribution in [0.3, 0.4) is 0 Å². The third-order valence-electron chi connectivity index (χ3n) is 3.31. The van der Waals surface area contributed by atoms with Gasteiger partial charge in [0.05, 0.1) is 25.3 Å². The molecule has 0 aliphatic rings. The molecule has 0 saturated carbocycles. The summed E-state index contributed by atoms with van der Waals surface area (Å²) >= 11 is 1.19. The predicted octanol–water partition coefficient (Wildman–Crippen LogP) is 2.01. The van der Waals surface area contributed by atoms with Crippen LogP contribution in [0.4, 0.5) is 5.95 Å². The van der Waals surface area contributed by atoms with Gasteiger partial charge in [0, 0.05) is 5.56 Å². The lowest BCUT2D eigenvalue weighted by Crippen LogP contribution is -2.14. The van der Waals surface area contributed by atoms with Gasteiger partial charge in [-0.1, -0.05) is 11.8 Å². The zero-order valence-corrected chi connectivity index (χ0v) is 14.6. The minimum atomic E-state index is -0.0500. The summed E-state index contributed by atoms with van der Waals surface area (Å²) in [5.74, 6) is 7.56. The SMILES string of the molecule is COc1ccc(C(=O)CSc2nnc(N/N=C/c3ccco3)n2N)cc1. The fourth-order valence-electron chi connectivity index (χ4n) is 1.96. The lowest BCUT2D eigenvalue weighted by molar-refractivity contribution is 0.102. The van der Waals surface area contributed by atoms with E-state index in [1.54, 1.807) is 49.8 Å². The number of hydrogen-bond acceptors (Lipinski definition) is 9. The van der Waals surface area contributed by atoms with E-state index in [2.05, 4.69) is 20.7 Å². The molecule has 0 saturated heterocycles. The third-order valence-corrected chi connectivity index (χ3v) is 4.25. The number of furan rings is 1. The number of Topliss-reactive ketones (excluding diaryl/α,β-unsaturated/α-hetero) is 1. The average Bonchev–Trinajstić information content (AvgIpc) is 3.31. The largest absolute Gasteiger partial charge is 0.497 e. The van der Waals surface area contributed by atoms with Crippen molar-refractivity contribution in [2.75, 3.05) is 24.1 Å². The van der Waals surface area contributed by atoms with Crippen molar-refractivity contribution in [1.82, 2.24) is 14.9 Å². The first-order valence-corrected chi connectivity index (χ1v) is 8.49. The van der Waals surface area contributed by atoms with Gasteiger partial charge in [0.1, 0.15) is 11.5 Å². The van der Waals surface area contributed by atoms with Crippen LogP contribution in [0.15, 0.2) is 57.3 Å². The van der Waals surface area contributed by atoms with Crippen molar-refractivity contribution >= 4 is 29.7 Å². The number of nitrogen functional groups attached to an aromatic ring is 1. The summed E-state index contributed by atoms with van der Waals surface area (Å²) in [6.45, 7) is 0. The molecule has 3 aromatic rings. The molecule has 1 aromatic carbocycles. The van der Waals surface area contributed by atoms with Crippen LogP contribution in [-0.2, 0) is 0 Å². The van der Waals surface area contributed by atoms with E-state index in [1.165, 1.54) is 22.7 Å². The molecule has 0 fully saturated rings. The van der Waals surface area contributed by atoms with E-state index >= 15 is 0 Å². The number of ether oxygens (including phenoxy) is 1. The van der Waals surface area contributed by atoms with Crippen molar-refractivity contribution in [2.45, 2.75) is 5.16 Å². The number of aromatic nitrogens is 3. The van der Waals surface area contributed by atoms with E-state index in [1.807, 2.05) is 0 Å². The highest BCUT2D eigenvalue weighted by molar-refractivity contribution is 7.99. The molecular weight excluding hydrogens is 356 g/mol. The highest BCUT2D eigenvalue weighted by Gasteiger charge is 2.13. The molecule has 0 spiro atoms. The summed E-state index contributed by atoms with van der Waals surface area (Å²) in [6, 6.07) is 10.4. The smallest absolute Gasteiger partial charge is 0.264 e. The number of thioether (sulfide) groups is 1. The van der Waals surface area contributed by atoms with Crippen LogP contribution in [0.2, 0.25) is 0 Å². The fraction of sp³-hybridized carbons (Fsp3) is 0.125. The number of benzene rings is 1. The first-order chi connectivity index (χ1) is 12.7. The second-order valence-electron chi connectivity index (χ2n) is 5.00. The van der Waals surface area contributed by atoms with E-state index in [4.69, 9.17) is 15.0 Å². The first-order valence-electron chi connectivity index (χ1n) is 7.50. The van der Waals surface area contributed by atoms with Gasteiger partial charge in [0.15, 0.2) is 5.78 Å². The number of hydrazone groups is 1. The van der Waals surface area contributed by atoms with E-state index in [0.29, 0.717) is 22.2 Å². The van der Waals surface area contributed by atoms with Crippen molar-refractivity contribution in [1.29, 1.82) is 0 Å². The van der Waals surface area contributed by atoms with Gasteiger partial charge in [-0.2, -0.15) is 5.10 Å². The Labute approximate surface area is 153 Å². The quantitative estimate of drug-likeness (QED) is 0.202. The summed E-state index contributed by atoms with van der Waals surface area (Å²) in [4.78, 5) is 12.2. The minimum Gasteiger partial charge on any atom is -0.497 e. The second kappa shape index (κ2) is 8.21. The Balaban J connectivity index is 1.56. The molecule has 0 atom stereocenters. The Hall–Kier alpha value is -3.27. The van der Waals surface area contributed by atoms with E-state index in [0.717, 1.165) is 0 Å². The number of anilines is 1. The Morgan fingerprint density at radius 2 is 2.19 bits per heavy atom. The maximum atomic E-state index is 12.2. The number of hydrogen-bond donors (Lipinski definition) is 2. The van der Waals surface area contributed by atoms with Crippen molar-refractivity contribution in [2.24, 2.45) is 5.10 Å². The van der Waals surface area contributed by atoms with Crippen LogP contribution < -0.4 is 16.0 Å². The molecule has 2 heterocycles. The Morgan fingerprint density at radius 1 is 1.38 bits per heavy atom. The number of rotatable bonds is 8. The zero-order chi connectivity index (χ0) is 18.4. The number of nitrogens with zero attached hydrogens (tertiary/aromatic N) is 4. The van der Waals surface area contributed by atoms with Gasteiger partial charge in [-0.15, -0.1) is 10.2 Å². The first kappa shape index (κ1) is 17.5. The van der Waals surface area contributed by atoms with E-state index in [-0.39, 0.29) is 17.5 Å². The Morgan fingerprint density at radius 3 is 2.88 bits per heavy atom. The molecule has 3 rings (SSSR count). The normalized spacial score (nSPS) is 11.0. The number of nitrogens with one attached hydrogen (secondary N) is 1. The van der Waals surface area contributed by atoms with E-state index in [9.17, 15) is 4.79 Å². The number of carbonyl (C=O) groups is 1. The number of methoxy groups -OCH3 is 1. The van der Waals surface area contributed by atoms with Crippen LogP contribution in [0.1, 0.15) is 16.1 Å². The molecular formula is C16H16N6O3S. The highest BCUT2D eigenvalue weighted by atomic mass is 32.2. The predicted molar refractivity (Wildman–Crippen MR) is 98.1 cm³/mol. The summed E-state index contributed by atoms with van der Waals surface area (Å²) in [7, 11) is 1.57. The molecule has 10 heteroatoms.